The van der Waals surface area contributed by atoms with E-state index < -0.39 is 0 Å². The van der Waals surface area contributed by atoms with Gasteiger partial charge in [-0.3, -0.25) is 0 Å². The summed E-state index contributed by atoms with van der Waals surface area (Å²) < 4.78 is 7.08. The Bertz CT molecular complexity index is 364. The molecule has 2 N–H and O–H groups in total. The standard InChI is InChI=1S/C15H24BrNO/c1-4-12(17)9-11-10-14(7-8-15(11)16)18-13(5-2)6-3/h7-8,10,12-13H,4-6,9,17H2,1-3H3. The van der Waals surface area contributed by atoms with E-state index in [9.17, 15) is 0 Å². The zero-order chi connectivity index (χ0) is 13.5. The van der Waals surface area contributed by atoms with E-state index in [4.69, 9.17) is 10.5 Å². The van der Waals surface area contributed by atoms with Crippen molar-refractivity contribution in [2.75, 3.05) is 0 Å². The monoisotopic (exact) mass is 313 g/mol. The van der Waals surface area contributed by atoms with E-state index in [0.29, 0.717) is 6.10 Å². The smallest absolute Gasteiger partial charge is 0.120 e. The Hall–Kier alpha value is -0.540. The van der Waals surface area contributed by atoms with Gasteiger partial charge in [0, 0.05) is 10.5 Å². The van der Waals surface area contributed by atoms with Gasteiger partial charge in [-0.15, -0.1) is 0 Å². The number of hydrogen-bond donors (Lipinski definition) is 1. The molecule has 0 aromatic heterocycles. The average molecular weight is 314 g/mol. The van der Waals surface area contributed by atoms with Crippen molar-refractivity contribution in [1.82, 2.24) is 0 Å². The van der Waals surface area contributed by atoms with E-state index in [1.807, 2.05) is 6.07 Å². The largest absolute Gasteiger partial charge is 0.490 e. The third-order valence-corrected chi connectivity index (χ3v) is 4.01. The van der Waals surface area contributed by atoms with Crippen LogP contribution in [0.1, 0.15) is 45.6 Å². The van der Waals surface area contributed by atoms with Crippen molar-refractivity contribution in [3.05, 3.63) is 28.2 Å². The van der Waals surface area contributed by atoms with Crippen LogP contribution in [0.25, 0.3) is 0 Å². The molecule has 2 nitrogen and oxygen atoms in total. The van der Waals surface area contributed by atoms with Crippen molar-refractivity contribution in [2.24, 2.45) is 5.73 Å². The third-order valence-electron chi connectivity index (χ3n) is 3.24. The third kappa shape index (κ3) is 4.62. The lowest BCUT2D eigenvalue weighted by molar-refractivity contribution is 0.192. The fourth-order valence-electron chi connectivity index (χ4n) is 1.86. The van der Waals surface area contributed by atoms with Gasteiger partial charge in [-0.1, -0.05) is 36.7 Å². The molecule has 1 aromatic rings. The highest BCUT2D eigenvalue weighted by molar-refractivity contribution is 9.10. The lowest BCUT2D eigenvalue weighted by Gasteiger charge is -2.17. The van der Waals surface area contributed by atoms with Gasteiger partial charge in [-0.2, -0.15) is 0 Å². The second kappa shape index (κ2) is 7.80. The number of hydrogen-bond acceptors (Lipinski definition) is 2. The number of benzene rings is 1. The highest BCUT2D eigenvalue weighted by atomic mass is 79.9. The summed E-state index contributed by atoms with van der Waals surface area (Å²) in [5.41, 5.74) is 7.25. The van der Waals surface area contributed by atoms with Crippen molar-refractivity contribution < 1.29 is 4.74 Å². The first-order valence-electron chi connectivity index (χ1n) is 6.81. The zero-order valence-corrected chi connectivity index (χ0v) is 13.2. The minimum atomic E-state index is 0.213. The van der Waals surface area contributed by atoms with Crippen molar-refractivity contribution in [3.8, 4) is 5.75 Å². The van der Waals surface area contributed by atoms with Crippen LogP contribution < -0.4 is 10.5 Å². The molecule has 0 aliphatic carbocycles. The van der Waals surface area contributed by atoms with E-state index >= 15 is 0 Å². The Labute approximate surface area is 119 Å². The molecule has 0 aliphatic rings. The molecule has 102 valence electrons. The van der Waals surface area contributed by atoms with Gasteiger partial charge >= 0.3 is 0 Å². The first-order valence-corrected chi connectivity index (χ1v) is 7.60. The quantitative estimate of drug-likeness (QED) is 0.814. The fourth-order valence-corrected chi connectivity index (χ4v) is 2.26. The Morgan fingerprint density at radius 1 is 1.17 bits per heavy atom. The van der Waals surface area contributed by atoms with Crippen molar-refractivity contribution >= 4 is 15.9 Å². The van der Waals surface area contributed by atoms with Crippen molar-refractivity contribution in [1.29, 1.82) is 0 Å². The summed E-state index contributed by atoms with van der Waals surface area (Å²) in [4.78, 5) is 0. The lowest BCUT2D eigenvalue weighted by Crippen LogP contribution is -2.21. The van der Waals surface area contributed by atoms with Crippen LogP contribution in [-0.4, -0.2) is 12.1 Å². The molecule has 0 bridgehead atoms. The Kier molecular flexibility index (Phi) is 6.72. The molecular formula is C15H24BrNO. The van der Waals surface area contributed by atoms with Gasteiger partial charge in [0.25, 0.3) is 0 Å². The van der Waals surface area contributed by atoms with E-state index in [2.05, 4.69) is 48.8 Å². The lowest BCUT2D eigenvalue weighted by atomic mass is 10.0. The van der Waals surface area contributed by atoms with E-state index in [1.165, 1.54) is 5.56 Å². The van der Waals surface area contributed by atoms with Crippen LogP contribution >= 0.6 is 15.9 Å². The highest BCUT2D eigenvalue weighted by Crippen LogP contribution is 2.25. The van der Waals surface area contributed by atoms with Gasteiger partial charge in [0.15, 0.2) is 0 Å². The first kappa shape index (κ1) is 15.5. The minimum Gasteiger partial charge on any atom is -0.490 e. The van der Waals surface area contributed by atoms with Crippen molar-refractivity contribution in [3.63, 3.8) is 0 Å². The van der Waals surface area contributed by atoms with Crippen LogP contribution in [0.4, 0.5) is 0 Å². The molecule has 0 heterocycles. The Balaban J connectivity index is 2.79. The Morgan fingerprint density at radius 3 is 2.39 bits per heavy atom. The van der Waals surface area contributed by atoms with Gasteiger partial charge in [0.05, 0.1) is 6.10 Å². The molecule has 0 saturated carbocycles. The summed E-state index contributed by atoms with van der Waals surface area (Å²) in [5.74, 6) is 0.949. The second-order valence-corrected chi connectivity index (χ2v) is 5.54. The molecule has 0 spiro atoms. The molecule has 1 aromatic carbocycles. The Morgan fingerprint density at radius 2 is 1.83 bits per heavy atom. The number of nitrogens with two attached hydrogens (primary N) is 1. The predicted molar refractivity (Wildman–Crippen MR) is 81.1 cm³/mol. The molecule has 0 aliphatic heterocycles. The van der Waals surface area contributed by atoms with Gasteiger partial charge in [0.1, 0.15) is 5.75 Å². The van der Waals surface area contributed by atoms with E-state index in [0.717, 1.165) is 35.9 Å². The second-order valence-electron chi connectivity index (χ2n) is 4.68. The van der Waals surface area contributed by atoms with Crippen LogP contribution in [0.2, 0.25) is 0 Å². The summed E-state index contributed by atoms with van der Waals surface area (Å²) in [6, 6.07) is 6.39. The van der Waals surface area contributed by atoms with Crippen LogP contribution in [0.5, 0.6) is 5.75 Å². The summed E-state index contributed by atoms with van der Waals surface area (Å²) in [6.45, 7) is 6.42. The maximum absolute atomic E-state index is 6.02. The molecular weight excluding hydrogens is 290 g/mol. The fraction of sp³-hybridized carbons (Fsp3) is 0.600. The summed E-state index contributed by atoms with van der Waals surface area (Å²) >= 11 is 3.58. The normalized spacial score (nSPS) is 12.8. The maximum Gasteiger partial charge on any atom is 0.120 e. The molecule has 0 fully saturated rings. The average Bonchev–Trinajstić information content (AvgIpc) is 2.39. The van der Waals surface area contributed by atoms with Crippen LogP contribution in [0.3, 0.4) is 0 Å². The molecule has 1 rings (SSSR count). The maximum atomic E-state index is 6.02. The predicted octanol–water partition coefficient (Wildman–Crippen LogP) is 4.30. The van der Waals surface area contributed by atoms with Gasteiger partial charge < -0.3 is 10.5 Å². The molecule has 18 heavy (non-hydrogen) atoms. The van der Waals surface area contributed by atoms with Crippen LogP contribution in [-0.2, 0) is 6.42 Å². The van der Waals surface area contributed by atoms with Crippen LogP contribution in [0, 0.1) is 0 Å². The van der Waals surface area contributed by atoms with Crippen molar-refractivity contribution in [2.45, 2.75) is 58.6 Å². The summed E-state index contributed by atoms with van der Waals surface area (Å²) in [6.07, 6.45) is 4.26. The molecule has 0 saturated heterocycles. The zero-order valence-electron chi connectivity index (χ0n) is 11.6. The van der Waals surface area contributed by atoms with Gasteiger partial charge in [-0.25, -0.2) is 0 Å². The number of halogens is 1. The molecule has 1 atom stereocenters. The van der Waals surface area contributed by atoms with Gasteiger partial charge in [-0.05, 0) is 49.4 Å². The SMILES string of the molecule is CCC(N)Cc1cc(OC(CC)CC)ccc1Br. The molecule has 0 amide bonds. The number of ether oxygens (including phenoxy) is 1. The van der Waals surface area contributed by atoms with Gasteiger partial charge in [0.2, 0.25) is 0 Å². The highest BCUT2D eigenvalue weighted by Gasteiger charge is 2.09. The summed E-state index contributed by atoms with van der Waals surface area (Å²) in [7, 11) is 0. The number of rotatable bonds is 7. The topological polar surface area (TPSA) is 35.2 Å². The van der Waals surface area contributed by atoms with Crippen LogP contribution in [0.15, 0.2) is 22.7 Å². The molecule has 1 unspecified atom stereocenters. The minimum absolute atomic E-state index is 0.213. The first-order chi connectivity index (χ1) is 8.60. The molecule has 0 radical (unpaired) electrons. The molecule has 3 heteroatoms. The van der Waals surface area contributed by atoms with E-state index in [1.54, 1.807) is 0 Å². The summed E-state index contributed by atoms with van der Waals surface area (Å²) in [5, 5.41) is 0. The van der Waals surface area contributed by atoms with E-state index in [-0.39, 0.29) is 6.04 Å².